The van der Waals surface area contributed by atoms with Crippen molar-refractivity contribution >= 4 is 0 Å². The summed E-state index contributed by atoms with van der Waals surface area (Å²) in [4.78, 5) is 0. The Morgan fingerprint density at radius 1 is 1.05 bits per heavy atom. The Hall–Kier alpha value is -0.120. The zero-order valence-corrected chi connectivity index (χ0v) is 14.3. The first-order valence-corrected chi connectivity index (χ1v) is 9.37. The highest BCUT2D eigenvalue weighted by Gasteiger charge is 2.58. The average molecular weight is 308 g/mol. The summed E-state index contributed by atoms with van der Waals surface area (Å²) in [5.74, 6) is 4.47. The Bertz CT molecular complexity index is 425. The number of hydrogen-bond donors (Lipinski definition) is 1. The van der Waals surface area contributed by atoms with Gasteiger partial charge in [-0.15, -0.1) is 0 Å². The van der Waals surface area contributed by atoms with Gasteiger partial charge in [-0.05, 0) is 73.0 Å². The van der Waals surface area contributed by atoms with Crippen molar-refractivity contribution in [2.24, 2.45) is 40.9 Å². The van der Waals surface area contributed by atoms with Crippen molar-refractivity contribution < 1.29 is 14.6 Å². The van der Waals surface area contributed by atoms with Crippen LogP contribution in [0.15, 0.2) is 0 Å². The molecule has 3 heteroatoms. The third-order valence-electron chi connectivity index (χ3n) is 8.31. The fourth-order valence-electron chi connectivity index (χ4n) is 6.85. The van der Waals surface area contributed by atoms with E-state index in [0.717, 1.165) is 36.7 Å². The van der Waals surface area contributed by atoms with E-state index in [1.54, 1.807) is 0 Å². The van der Waals surface area contributed by atoms with E-state index in [1.165, 1.54) is 32.1 Å². The molecule has 0 spiro atoms. The summed E-state index contributed by atoms with van der Waals surface area (Å²) in [5, 5.41) is 9.91. The van der Waals surface area contributed by atoms with Crippen LogP contribution in [0, 0.1) is 40.9 Å². The number of aliphatic hydroxyl groups is 1. The van der Waals surface area contributed by atoms with Gasteiger partial charge in [0.25, 0.3) is 0 Å². The van der Waals surface area contributed by atoms with E-state index in [4.69, 9.17) is 9.47 Å². The van der Waals surface area contributed by atoms with E-state index in [1.807, 2.05) is 7.11 Å². The second-order valence-corrected chi connectivity index (χ2v) is 8.82. The van der Waals surface area contributed by atoms with Gasteiger partial charge < -0.3 is 14.6 Å². The zero-order chi connectivity index (χ0) is 15.5. The molecule has 0 amide bonds. The largest absolute Gasteiger partial charge is 0.381 e. The molecule has 0 bridgehead atoms. The van der Waals surface area contributed by atoms with Crippen LogP contribution in [-0.4, -0.2) is 31.2 Å². The van der Waals surface area contributed by atoms with Gasteiger partial charge in [-0.1, -0.05) is 13.8 Å². The minimum atomic E-state index is -0.573. The van der Waals surface area contributed by atoms with Gasteiger partial charge in [0.2, 0.25) is 0 Å². The summed E-state index contributed by atoms with van der Waals surface area (Å²) in [6.45, 7) is 5.77. The molecule has 0 aromatic rings. The van der Waals surface area contributed by atoms with Crippen molar-refractivity contribution in [2.75, 3.05) is 13.7 Å². The number of rotatable bonds is 1. The lowest BCUT2D eigenvalue weighted by molar-refractivity contribution is -0.216. The van der Waals surface area contributed by atoms with Gasteiger partial charge in [-0.3, -0.25) is 0 Å². The number of aliphatic hydroxyl groups excluding tert-OH is 1. The van der Waals surface area contributed by atoms with E-state index in [2.05, 4.69) is 13.8 Å². The van der Waals surface area contributed by atoms with Crippen LogP contribution in [-0.2, 0) is 9.47 Å². The van der Waals surface area contributed by atoms with Crippen LogP contribution in [0.1, 0.15) is 52.4 Å². The zero-order valence-electron chi connectivity index (χ0n) is 14.3. The summed E-state index contributed by atoms with van der Waals surface area (Å²) in [7, 11) is 1.86. The highest BCUT2D eigenvalue weighted by atomic mass is 16.6. The number of methoxy groups -OCH3 is 1. The van der Waals surface area contributed by atoms with Crippen molar-refractivity contribution in [3.05, 3.63) is 0 Å². The molecule has 1 aliphatic heterocycles. The normalized spacial score (nSPS) is 57.8. The van der Waals surface area contributed by atoms with E-state index < -0.39 is 6.29 Å². The average Bonchev–Trinajstić information content (AvgIpc) is 2.82. The molecule has 0 aromatic heterocycles. The fourth-order valence-corrected chi connectivity index (χ4v) is 6.85. The lowest BCUT2D eigenvalue weighted by Crippen LogP contribution is -2.55. The van der Waals surface area contributed by atoms with E-state index >= 15 is 0 Å². The molecule has 22 heavy (non-hydrogen) atoms. The first kappa shape index (κ1) is 15.4. The summed E-state index contributed by atoms with van der Waals surface area (Å²) < 4.78 is 11.5. The summed E-state index contributed by atoms with van der Waals surface area (Å²) in [5.41, 5.74) is 0.557. The molecule has 126 valence electrons. The molecule has 4 aliphatic rings. The van der Waals surface area contributed by atoms with Gasteiger partial charge >= 0.3 is 0 Å². The van der Waals surface area contributed by atoms with Gasteiger partial charge in [-0.2, -0.15) is 0 Å². The number of ether oxygens (including phenoxy) is 2. The highest BCUT2D eigenvalue weighted by Crippen LogP contribution is 2.63. The van der Waals surface area contributed by atoms with Crippen molar-refractivity contribution in [2.45, 2.75) is 64.8 Å². The predicted molar refractivity (Wildman–Crippen MR) is 85.2 cm³/mol. The first-order valence-electron chi connectivity index (χ1n) is 9.37. The molecule has 1 heterocycles. The van der Waals surface area contributed by atoms with Crippen LogP contribution in [0.2, 0.25) is 0 Å². The van der Waals surface area contributed by atoms with Gasteiger partial charge in [0.05, 0.1) is 12.7 Å². The minimum Gasteiger partial charge on any atom is -0.381 e. The Morgan fingerprint density at radius 2 is 1.86 bits per heavy atom. The molecule has 4 fully saturated rings. The number of hydrogen-bond acceptors (Lipinski definition) is 3. The lowest BCUT2D eigenvalue weighted by atomic mass is 9.50. The predicted octanol–water partition coefficient (Wildman–Crippen LogP) is 3.45. The first-order chi connectivity index (χ1) is 10.5. The fraction of sp³-hybridized carbons (Fsp3) is 1.00. The third-order valence-corrected chi connectivity index (χ3v) is 8.31. The van der Waals surface area contributed by atoms with Gasteiger partial charge in [0, 0.05) is 13.5 Å². The summed E-state index contributed by atoms with van der Waals surface area (Å²) >= 11 is 0. The maximum atomic E-state index is 9.91. The maximum absolute atomic E-state index is 9.91. The molecule has 1 N–H and O–H groups in total. The van der Waals surface area contributed by atoms with Crippen molar-refractivity contribution in [3.8, 4) is 0 Å². The van der Waals surface area contributed by atoms with Crippen molar-refractivity contribution in [3.63, 3.8) is 0 Å². The Labute approximate surface area is 134 Å². The SMILES string of the molecule is COC1CC2C(CCC3(C)C(C)CCC23)C2COC(O)CC12. The monoisotopic (exact) mass is 308 g/mol. The van der Waals surface area contributed by atoms with Crippen LogP contribution in [0.5, 0.6) is 0 Å². The van der Waals surface area contributed by atoms with Crippen molar-refractivity contribution in [1.82, 2.24) is 0 Å². The number of fused-ring (bicyclic) bond motifs is 5. The molecule has 3 nitrogen and oxygen atoms in total. The quantitative estimate of drug-likeness (QED) is 0.806. The van der Waals surface area contributed by atoms with Crippen molar-refractivity contribution in [1.29, 1.82) is 0 Å². The molecule has 3 saturated carbocycles. The van der Waals surface area contributed by atoms with Gasteiger partial charge in [0.1, 0.15) is 0 Å². The standard InChI is InChI=1S/C19H32O3/c1-11-4-5-16-13-8-17(21-3)14-9-18(20)22-10-15(14)12(13)6-7-19(11,16)2/h11-18,20H,4-10H2,1-3H3. The molecule has 9 unspecified atom stereocenters. The van der Waals surface area contributed by atoms with E-state index in [9.17, 15) is 5.11 Å². The lowest BCUT2D eigenvalue weighted by Gasteiger charge is -2.57. The van der Waals surface area contributed by atoms with Gasteiger partial charge in [0.15, 0.2) is 6.29 Å². The maximum Gasteiger partial charge on any atom is 0.154 e. The topological polar surface area (TPSA) is 38.7 Å². The summed E-state index contributed by atoms with van der Waals surface area (Å²) in [6, 6.07) is 0. The van der Waals surface area contributed by atoms with Crippen LogP contribution in [0.25, 0.3) is 0 Å². The Balaban J connectivity index is 1.62. The molecule has 1 saturated heterocycles. The second kappa shape index (κ2) is 5.46. The minimum absolute atomic E-state index is 0.322. The molecule has 3 aliphatic carbocycles. The molecule has 0 aromatic carbocycles. The Morgan fingerprint density at radius 3 is 2.64 bits per heavy atom. The van der Waals surface area contributed by atoms with Crippen LogP contribution >= 0.6 is 0 Å². The third kappa shape index (κ3) is 2.12. The summed E-state index contributed by atoms with van der Waals surface area (Å²) in [6.07, 6.45) is 7.30. The van der Waals surface area contributed by atoms with Crippen LogP contribution in [0.3, 0.4) is 0 Å². The Kier molecular flexibility index (Phi) is 3.82. The van der Waals surface area contributed by atoms with Crippen LogP contribution < -0.4 is 0 Å². The molecule has 9 atom stereocenters. The molecule has 4 rings (SSSR count). The smallest absolute Gasteiger partial charge is 0.154 e. The van der Waals surface area contributed by atoms with E-state index in [-0.39, 0.29) is 0 Å². The molecular weight excluding hydrogens is 276 g/mol. The second-order valence-electron chi connectivity index (χ2n) is 8.82. The van der Waals surface area contributed by atoms with Gasteiger partial charge in [-0.25, -0.2) is 0 Å². The van der Waals surface area contributed by atoms with Crippen LogP contribution in [0.4, 0.5) is 0 Å². The molecular formula is C19H32O3. The highest BCUT2D eigenvalue weighted by molar-refractivity contribution is 5.06. The van der Waals surface area contributed by atoms with E-state index in [0.29, 0.717) is 23.4 Å². The molecule has 0 radical (unpaired) electrons.